The van der Waals surface area contributed by atoms with Crippen LogP contribution in [0.25, 0.3) is 0 Å². The molecule has 0 aliphatic rings. The van der Waals surface area contributed by atoms with E-state index in [9.17, 15) is 4.39 Å². The molecule has 0 spiro atoms. The molecule has 0 unspecified atom stereocenters. The standard InChI is InChI=1S/C19H19ClFN7S/c1-12-10-13(2)28(25-12)9-7-18-23-24-19(29-18)22-17-6-8-27(26-17)11-14-15(20)4-3-5-16(14)21/h3-6,8,10H,7,9,11H2,1-2H3,(H,22,24,26). The first-order valence-corrected chi connectivity index (χ1v) is 10.2. The molecule has 3 aromatic heterocycles. The number of aromatic nitrogens is 6. The van der Waals surface area contributed by atoms with E-state index in [4.69, 9.17) is 11.6 Å². The first kappa shape index (κ1) is 19.5. The maximum Gasteiger partial charge on any atom is 0.211 e. The van der Waals surface area contributed by atoms with Crippen molar-refractivity contribution in [2.75, 3.05) is 5.32 Å². The van der Waals surface area contributed by atoms with E-state index in [1.165, 1.54) is 17.4 Å². The number of halogens is 2. The predicted molar refractivity (Wildman–Crippen MR) is 111 cm³/mol. The topological polar surface area (TPSA) is 73.5 Å². The molecular weight excluding hydrogens is 413 g/mol. The molecule has 10 heteroatoms. The van der Waals surface area contributed by atoms with Gasteiger partial charge in [0.1, 0.15) is 10.8 Å². The SMILES string of the molecule is Cc1cc(C)n(CCc2nnc(Nc3ccn(Cc4c(F)cccc4Cl)n3)s2)n1. The van der Waals surface area contributed by atoms with Crippen LogP contribution >= 0.6 is 22.9 Å². The van der Waals surface area contributed by atoms with Crippen LogP contribution in [0.5, 0.6) is 0 Å². The van der Waals surface area contributed by atoms with Gasteiger partial charge >= 0.3 is 0 Å². The molecule has 1 aromatic carbocycles. The summed E-state index contributed by atoms with van der Waals surface area (Å²) in [5, 5.41) is 22.3. The van der Waals surface area contributed by atoms with Crippen LogP contribution in [0.4, 0.5) is 15.3 Å². The van der Waals surface area contributed by atoms with Crippen LogP contribution in [-0.4, -0.2) is 29.8 Å². The largest absolute Gasteiger partial charge is 0.313 e. The lowest BCUT2D eigenvalue weighted by atomic mass is 10.2. The smallest absolute Gasteiger partial charge is 0.211 e. The van der Waals surface area contributed by atoms with E-state index in [0.29, 0.717) is 21.5 Å². The van der Waals surface area contributed by atoms with Gasteiger partial charge in [0.2, 0.25) is 5.13 Å². The number of nitrogens with zero attached hydrogens (tertiary/aromatic N) is 6. The van der Waals surface area contributed by atoms with Gasteiger partial charge in [0.15, 0.2) is 5.82 Å². The Morgan fingerprint density at radius 2 is 2.03 bits per heavy atom. The van der Waals surface area contributed by atoms with Gasteiger partial charge in [0.05, 0.1) is 12.2 Å². The summed E-state index contributed by atoms with van der Waals surface area (Å²) >= 11 is 7.56. The van der Waals surface area contributed by atoms with Gasteiger partial charge in [-0.15, -0.1) is 10.2 Å². The lowest BCUT2D eigenvalue weighted by Gasteiger charge is -2.05. The van der Waals surface area contributed by atoms with E-state index in [0.717, 1.165) is 29.4 Å². The molecule has 0 bridgehead atoms. The van der Waals surface area contributed by atoms with Crippen molar-refractivity contribution >= 4 is 33.9 Å². The minimum absolute atomic E-state index is 0.247. The number of aryl methyl sites for hydroxylation is 4. The van der Waals surface area contributed by atoms with Gasteiger partial charge in [0.25, 0.3) is 0 Å². The fourth-order valence-electron chi connectivity index (χ4n) is 2.98. The Morgan fingerprint density at radius 3 is 2.79 bits per heavy atom. The van der Waals surface area contributed by atoms with Crippen LogP contribution in [0.15, 0.2) is 36.5 Å². The number of benzene rings is 1. The van der Waals surface area contributed by atoms with Gasteiger partial charge < -0.3 is 5.32 Å². The number of anilines is 2. The average molecular weight is 432 g/mol. The van der Waals surface area contributed by atoms with Crippen molar-refractivity contribution in [3.05, 3.63) is 69.3 Å². The molecule has 150 valence electrons. The molecule has 0 atom stereocenters. The molecule has 29 heavy (non-hydrogen) atoms. The summed E-state index contributed by atoms with van der Waals surface area (Å²) in [4.78, 5) is 0. The molecule has 3 heterocycles. The molecule has 4 rings (SSSR count). The molecule has 0 amide bonds. The third-order valence-electron chi connectivity index (χ3n) is 4.37. The number of hydrogen-bond donors (Lipinski definition) is 1. The summed E-state index contributed by atoms with van der Waals surface area (Å²) in [6.07, 6.45) is 2.51. The normalized spacial score (nSPS) is 11.2. The lowest BCUT2D eigenvalue weighted by Crippen LogP contribution is -2.05. The monoisotopic (exact) mass is 431 g/mol. The van der Waals surface area contributed by atoms with Crippen molar-refractivity contribution in [2.45, 2.75) is 33.4 Å². The molecule has 0 saturated heterocycles. The number of hydrogen-bond acceptors (Lipinski definition) is 6. The Morgan fingerprint density at radius 1 is 1.17 bits per heavy atom. The highest BCUT2D eigenvalue weighted by molar-refractivity contribution is 7.15. The summed E-state index contributed by atoms with van der Waals surface area (Å²) in [5.41, 5.74) is 2.55. The Labute approximate surface area is 176 Å². The van der Waals surface area contributed by atoms with E-state index in [1.54, 1.807) is 29.1 Å². The zero-order valence-electron chi connectivity index (χ0n) is 15.9. The van der Waals surface area contributed by atoms with Crippen LogP contribution in [0, 0.1) is 19.7 Å². The van der Waals surface area contributed by atoms with Gasteiger partial charge in [-0.1, -0.05) is 29.0 Å². The minimum atomic E-state index is -0.348. The zero-order valence-corrected chi connectivity index (χ0v) is 17.5. The Hall–Kier alpha value is -2.78. The van der Waals surface area contributed by atoms with Gasteiger partial charge in [-0.2, -0.15) is 10.2 Å². The maximum atomic E-state index is 14.0. The van der Waals surface area contributed by atoms with Crippen molar-refractivity contribution in [1.82, 2.24) is 29.8 Å². The van der Waals surface area contributed by atoms with Crippen LogP contribution in [-0.2, 0) is 19.5 Å². The molecule has 0 aliphatic heterocycles. The van der Waals surface area contributed by atoms with Crippen LogP contribution in [0.2, 0.25) is 5.02 Å². The summed E-state index contributed by atoms with van der Waals surface area (Å²) in [6.45, 7) is 5.02. The van der Waals surface area contributed by atoms with E-state index in [1.807, 2.05) is 18.5 Å². The Bertz CT molecular complexity index is 1110. The van der Waals surface area contributed by atoms with Crippen LogP contribution < -0.4 is 5.32 Å². The summed E-state index contributed by atoms with van der Waals surface area (Å²) in [6, 6.07) is 8.49. The fraction of sp³-hybridized carbons (Fsp3) is 0.263. The second-order valence-electron chi connectivity index (χ2n) is 6.62. The zero-order chi connectivity index (χ0) is 20.4. The van der Waals surface area contributed by atoms with Crippen LogP contribution in [0.1, 0.15) is 22.0 Å². The highest BCUT2D eigenvalue weighted by atomic mass is 35.5. The van der Waals surface area contributed by atoms with Crippen LogP contribution in [0.3, 0.4) is 0 Å². The van der Waals surface area contributed by atoms with Gasteiger partial charge in [-0.3, -0.25) is 9.36 Å². The summed E-state index contributed by atoms with van der Waals surface area (Å²) < 4.78 is 17.5. The first-order chi connectivity index (χ1) is 14.0. The second-order valence-corrected chi connectivity index (χ2v) is 8.09. The summed E-state index contributed by atoms with van der Waals surface area (Å²) in [5.74, 6) is 0.262. The third-order valence-corrected chi connectivity index (χ3v) is 5.62. The lowest BCUT2D eigenvalue weighted by molar-refractivity contribution is 0.586. The fourth-order valence-corrected chi connectivity index (χ4v) is 3.94. The molecular formula is C19H19ClFN7S. The first-order valence-electron chi connectivity index (χ1n) is 9.05. The molecule has 4 aromatic rings. The van der Waals surface area contributed by atoms with E-state index < -0.39 is 0 Å². The number of rotatable bonds is 7. The second kappa shape index (κ2) is 8.30. The predicted octanol–water partition coefficient (Wildman–Crippen LogP) is 4.38. The average Bonchev–Trinajstić information content (AvgIpc) is 3.38. The summed E-state index contributed by atoms with van der Waals surface area (Å²) in [7, 11) is 0. The molecule has 1 N–H and O–H groups in total. The van der Waals surface area contributed by atoms with Crippen molar-refractivity contribution in [3.63, 3.8) is 0 Å². The van der Waals surface area contributed by atoms with E-state index in [2.05, 4.69) is 31.8 Å². The third kappa shape index (κ3) is 4.63. The highest BCUT2D eigenvalue weighted by Gasteiger charge is 2.11. The highest BCUT2D eigenvalue weighted by Crippen LogP contribution is 2.22. The molecule has 0 radical (unpaired) electrons. The van der Waals surface area contributed by atoms with Gasteiger partial charge in [0, 0.05) is 41.5 Å². The van der Waals surface area contributed by atoms with E-state index in [-0.39, 0.29) is 12.4 Å². The number of nitrogens with one attached hydrogen (secondary N) is 1. The molecule has 0 fully saturated rings. The quantitative estimate of drug-likeness (QED) is 0.470. The van der Waals surface area contributed by atoms with Gasteiger partial charge in [-0.25, -0.2) is 4.39 Å². The Balaban J connectivity index is 1.37. The van der Waals surface area contributed by atoms with Crippen molar-refractivity contribution in [2.24, 2.45) is 0 Å². The minimum Gasteiger partial charge on any atom is -0.313 e. The molecule has 0 aliphatic carbocycles. The van der Waals surface area contributed by atoms with Crippen molar-refractivity contribution in [1.29, 1.82) is 0 Å². The maximum absolute atomic E-state index is 14.0. The van der Waals surface area contributed by atoms with Crippen molar-refractivity contribution in [3.8, 4) is 0 Å². The molecule has 0 saturated carbocycles. The Kier molecular flexibility index (Phi) is 5.59. The van der Waals surface area contributed by atoms with E-state index >= 15 is 0 Å². The molecule has 7 nitrogen and oxygen atoms in total. The van der Waals surface area contributed by atoms with Crippen molar-refractivity contribution < 1.29 is 4.39 Å². The van der Waals surface area contributed by atoms with Gasteiger partial charge in [-0.05, 0) is 32.0 Å².